The van der Waals surface area contributed by atoms with E-state index in [2.05, 4.69) is 33.0 Å². The lowest BCUT2D eigenvalue weighted by Gasteiger charge is -2.36. The third-order valence-corrected chi connectivity index (χ3v) is 3.34. The monoisotopic (exact) mass is 227 g/mol. The zero-order chi connectivity index (χ0) is 12.0. The standard InChI is InChI=1S/C14H29NO/c1-12(2)7-5-6-9-15-13-8-10-16-14(3,4)11-13/h12-13,15H,5-11H2,1-4H3. The van der Waals surface area contributed by atoms with Gasteiger partial charge in [0, 0.05) is 12.6 Å². The van der Waals surface area contributed by atoms with Gasteiger partial charge in [-0.3, -0.25) is 0 Å². The van der Waals surface area contributed by atoms with Crippen LogP contribution in [0.3, 0.4) is 0 Å². The van der Waals surface area contributed by atoms with Crippen molar-refractivity contribution in [3.8, 4) is 0 Å². The van der Waals surface area contributed by atoms with E-state index in [9.17, 15) is 0 Å². The highest BCUT2D eigenvalue weighted by Crippen LogP contribution is 2.23. The molecule has 1 saturated heterocycles. The molecule has 0 aromatic rings. The van der Waals surface area contributed by atoms with Crippen LogP contribution >= 0.6 is 0 Å². The predicted molar refractivity (Wildman–Crippen MR) is 69.7 cm³/mol. The van der Waals surface area contributed by atoms with Gasteiger partial charge in [-0.1, -0.05) is 26.7 Å². The predicted octanol–water partition coefficient (Wildman–Crippen LogP) is 3.36. The molecule has 0 aromatic carbocycles. The first-order valence-corrected chi connectivity index (χ1v) is 6.87. The summed E-state index contributed by atoms with van der Waals surface area (Å²) in [7, 11) is 0. The lowest BCUT2D eigenvalue weighted by atomic mass is 9.94. The molecule has 1 fully saturated rings. The fourth-order valence-electron chi connectivity index (χ4n) is 2.39. The van der Waals surface area contributed by atoms with Crippen LogP contribution < -0.4 is 5.32 Å². The molecule has 1 rings (SSSR count). The van der Waals surface area contributed by atoms with Crippen molar-refractivity contribution in [1.82, 2.24) is 5.32 Å². The Morgan fingerprint density at radius 3 is 2.69 bits per heavy atom. The fraction of sp³-hybridized carbons (Fsp3) is 1.00. The summed E-state index contributed by atoms with van der Waals surface area (Å²) in [5.74, 6) is 0.849. The average Bonchev–Trinajstić information content (AvgIpc) is 2.15. The van der Waals surface area contributed by atoms with E-state index in [0.717, 1.165) is 18.9 Å². The number of hydrogen-bond donors (Lipinski definition) is 1. The van der Waals surface area contributed by atoms with Crippen molar-refractivity contribution in [3.05, 3.63) is 0 Å². The molecule has 96 valence electrons. The smallest absolute Gasteiger partial charge is 0.0641 e. The maximum absolute atomic E-state index is 5.71. The molecule has 0 aromatic heterocycles. The number of ether oxygens (including phenoxy) is 1. The molecular formula is C14H29NO. The van der Waals surface area contributed by atoms with Crippen LogP contribution in [-0.2, 0) is 4.74 Å². The SMILES string of the molecule is CC(C)CCCCNC1CCOC(C)(C)C1. The van der Waals surface area contributed by atoms with Crippen molar-refractivity contribution < 1.29 is 4.74 Å². The Labute approximate surface area is 101 Å². The van der Waals surface area contributed by atoms with Crippen LogP contribution in [0, 0.1) is 5.92 Å². The van der Waals surface area contributed by atoms with Gasteiger partial charge in [0.25, 0.3) is 0 Å². The summed E-state index contributed by atoms with van der Waals surface area (Å²) < 4.78 is 5.71. The maximum atomic E-state index is 5.71. The second-order valence-electron chi connectivity index (χ2n) is 6.14. The Bertz CT molecular complexity index is 189. The topological polar surface area (TPSA) is 21.3 Å². The molecule has 0 aliphatic carbocycles. The summed E-state index contributed by atoms with van der Waals surface area (Å²) in [6, 6.07) is 0.669. The van der Waals surface area contributed by atoms with Crippen LogP contribution in [0.5, 0.6) is 0 Å². The second-order valence-corrected chi connectivity index (χ2v) is 6.14. The Morgan fingerprint density at radius 1 is 1.31 bits per heavy atom. The van der Waals surface area contributed by atoms with Crippen molar-refractivity contribution in [2.24, 2.45) is 5.92 Å². The molecule has 0 bridgehead atoms. The lowest BCUT2D eigenvalue weighted by Crippen LogP contribution is -2.43. The number of rotatable bonds is 6. The van der Waals surface area contributed by atoms with Crippen molar-refractivity contribution in [2.75, 3.05) is 13.2 Å². The average molecular weight is 227 g/mol. The van der Waals surface area contributed by atoms with Gasteiger partial charge in [-0.25, -0.2) is 0 Å². The number of unbranched alkanes of at least 4 members (excludes halogenated alkanes) is 1. The molecule has 2 heteroatoms. The van der Waals surface area contributed by atoms with Gasteiger partial charge in [-0.15, -0.1) is 0 Å². The summed E-state index contributed by atoms with van der Waals surface area (Å²) in [6.45, 7) is 11.1. The molecule has 1 aliphatic heterocycles. The molecular weight excluding hydrogens is 198 g/mol. The van der Waals surface area contributed by atoms with Crippen LogP contribution in [0.2, 0.25) is 0 Å². The first-order chi connectivity index (χ1) is 7.49. The highest BCUT2D eigenvalue weighted by molar-refractivity contribution is 4.82. The van der Waals surface area contributed by atoms with Gasteiger partial charge in [-0.05, 0) is 45.6 Å². The second kappa shape index (κ2) is 6.61. The van der Waals surface area contributed by atoms with E-state index < -0.39 is 0 Å². The molecule has 0 radical (unpaired) electrons. The van der Waals surface area contributed by atoms with Gasteiger partial charge >= 0.3 is 0 Å². The first-order valence-electron chi connectivity index (χ1n) is 6.87. The van der Waals surface area contributed by atoms with Crippen LogP contribution in [0.15, 0.2) is 0 Å². The largest absolute Gasteiger partial charge is 0.375 e. The molecule has 0 spiro atoms. The molecule has 0 saturated carbocycles. The van der Waals surface area contributed by atoms with Gasteiger partial charge in [-0.2, -0.15) is 0 Å². The third-order valence-electron chi connectivity index (χ3n) is 3.34. The Balaban J connectivity index is 2.04. The van der Waals surface area contributed by atoms with Crippen LogP contribution in [0.1, 0.15) is 59.8 Å². The van der Waals surface area contributed by atoms with Crippen molar-refractivity contribution in [2.45, 2.75) is 71.4 Å². The van der Waals surface area contributed by atoms with E-state index in [4.69, 9.17) is 4.74 Å². The maximum Gasteiger partial charge on any atom is 0.0641 e. The Morgan fingerprint density at radius 2 is 2.06 bits per heavy atom. The van der Waals surface area contributed by atoms with Crippen molar-refractivity contribution in [1.29, 1.82) is 0 Å². The molecule has 1 aliphatic rings. The quantitative estimate of drug-likeness (QED) is 0.703. The Kier molecular flexibility index (Phi) is 5.77. The summed E-state index contributed by atoms with van der Waals surface area (Å²) in [6.07, 6.45) is 6.36. The van der Waals surface area contributed by atoms with E-state index >= 15 is 0 Å². The molecule has 2 nitrogen and oxygen atoms in total. The minimum atomic E-state index is 0.0772. The van der Waals surface area contributed by atoms with Gasteiger partial charge in [0.2, 0.25) is 0 Å². The summed E-state index contributed by atoms with van der Waals surface area (Å²) >= 11 is 0. The van der Waals surface area contributed by atoms with Crippen LogP contribution in [0.25, 0.3) is 0 Å². The lowest BCUT2D eigenvalue weighted by molar-refractivity contribution is -0.0628. The van der Waals surface area contributed by atoms with Crippen LogP contribution in [-0.4, -0.2) is 24.8 Å². The first kappa shape index (κ1) is 14.0. The molecule has 1 heterocycles. The number of nitrogens with one attached hydrogen (secondary N) is 1. The van der Waals surface area contributed by atoms with Gasteiger partial charge < -0.3 is 10.1 Å². The highest BCUT2D eigenvalue weighted by atomic mass is 16.5. The minimum absolute atomic E-state index is 0.0772. The zero-order valence-electron chi connectivity index (χ0n) is 11.5. The van der Waals surface area contributed by atoms with E-state index in [1.165, 1.54) is 32.2 Å². The van der Waals surface area contributed by atoms with Crippen molar-refractivity contribution >= 4 is 0 Å². The molecule has 1 atom stereocenters. The summed E-state index contributed by atoms with van der Waals surface area (Å²) in [4.78, 5) is 0. The van der Waals surface area contributed by atoms with E-state index in [1.54, 1.807) is 0 Å². The molecule has 16 heavy (non-hydrogen) atoms. The highest BCUT2D eigenvalue weighted by Gasteiger charge is 2.28. The normalized spacial score (nSPS) is 24.9. The van der Waals surface area contributed by atoms with Gasteiger partial charge in [0.1, 0.15) is 0 Å². The molecule has 1 N–H and O–H groups in total. The van der Waals surface area contributed by atoms with Gasteiger partial charge in [0.15, 0.2) is 0 Å². The Hall–Kier alpha value is -0.0800. The minimum Gasteiger partial charge on any atom is -0.375 e. The summed E-state index contributed by atoms with van der Waals surface area (Å²) in [5.41, 5.74) is 0.0772. The zero-order valence-corrected chi connectivity index (χ0v) is 11.5. The number of hydrogen-bond acceptors (Lipinski definition) is 2. The van der Waals surface area contributed by atoms with E-state index in [1.807, 2.05) is 0 Å². The van der Waals surface area contributed by atoms with E-state index in [-0.39, 0.29) is 5.60 Å². The third kappa shape index (κ3) is 5.86. The van der Waals surface area contributed by atoms with Crippen molar-refractivity contribution in [3.63, 3.8) is 0 Å². The summed E-state index contributed by atoms with van der Waals surface area (Å²) in [5, 5.41) is 3.67. The molecule has 1 unspecified atom stereocenters. The fourth-order valence-corrected chi connectivity index (χ4v) is 2.39. The van der Waals surface area contributed by atoms with Crippen LogP contribution in [0.4, 0.5) is 0 Å². The van der Waals surface area contributed by atoms with E-state index in [0.29, 0.717) is 6.04 Å². The van der Waals surface area contributed by atoms with Gasteiger partial charge in [0.05, 0.1) is 5.60 Å². The molecule has 0 amide bonds.